The summed E-state index contributed by atoms with van der Waals surface area (Å²) in [5.41, 5.74) is 3.74. The summed E-state index contributed by atoms with van der Waals surface area (Å²) in [6, 6.07) is 0. The molecule has 18 heavy (non-hydrogen) atoms. The molecule has 0 aromatic rings. The Hall–Kier alpha value is -0.249. The maximum Gasteiger partial charge on any atom is 0.257 e. The number of rotatable bonds is 9. The zero-order chi connectivity index (χ0) is 14.4. The molecule has 0 aliphatic rings. The maximum absolute atomic E-state index is 6.13. The van der Waals surface area contributed by atoms with Crippen LogP contribution in [0.15, 0.2) is 37.2 Å². The van der Waals surface area contributed by atoms with Crippen LogP contribution in [0.2, 0.25) is 26.2 Å². The average Bonchev–Trinajstić information content (AvgIpc) is 2.28. The van der Waals surface area contributed by atoms with E-state index in [1.807, 2.05) is 11.4 Å². The van der Waals surface area contributed by atoms with Gasteiger partial charge in [0.2, 0.25) is 16.6 Å². The van der Waals surface area contributed by atoms with Gasteiger partial charge in [-0.25, -0.2) is 0 Å². The molecule has 0 rings (SSSR count). The van der Waals surface area contributed by atoms with Gasteiger partial charge in [-0.2, -0.15) is 0 Å². The van der Waals surface area contributed by atoms with Crippen molar-refractivity contribution in [3.63, 3.8) is 0 Å². The monoisotopic (exact) mass is 302 g/mol. The summed E-state index contributed by atoms with van der Waals surface area (Å²) in [7, 11) is -3.48. The molecule has 0 atom stereocenters. The van der Waals surface area contributed by atoms with Crippen LogP contribution < -0.4 is 0 Å². The van der Waals surface area contributed by atoms with Crippen LogP contribution in [-0.2, 0) is 13.3 Å². The van der Waals surface area contributed by atoms with Gasteiger partial charge in [-0.15, -0.1) is 19.7 Å². The predicted molar refractivity (Wildman–Crippen MR) is 86.1 cm³/mol. The molecule has 0 aromatic carbocycles. The lowest BCUT2D eigenvalue weighted by atomic mass is 10.4. The SMILES string of the molecule is C=CCC(O[SiH3])(O[Si](C)(C)C=C)O[Si](C)(C)C=C. The van der Waals surface area contributed by atoms with E-state index in [1.165, 1.54) is 0 Å². The first-order valence-electron chi connectivity index (χ1n) is 5.99. The molecular weight excluding hydrogens is 276 g/mol. The zero-order valence-corrected chi connectivity index (χ0v) is 16.3. The average molecular weight is 303 g/mol. The fourth-order valence-electron chi connectivity index (χ4n) is 1.33. The van der Waals surface area contributed by atoms with Crippen LogP contribution in [0.25, 0.3) is 0 Å². The minimum absolute atomic E-state index is 0.505. The first-order valence-corrected chi connectivity index (χ1v) is 12.8. The van der Waals surface area contributed by atoms with Crippen LogP contribution in [0.5, 0.6) is 0 Å². The molecule has 0 unspecified atom stereocenters. The van der Waals surface area contributed by atoms with E-state index in [2.05, 4.69) is 45.9 Å². The summed E-state index contributed by atoms with van der Waals surface area (Å²) in [6.07, 6.45) is 2.27. The second kappa shape index (κ2) is 6.78. The minimum Gasteiger partial charge on any atom is -0.381 e. The second-order valence-electron chi connectivity index (χ2n) is 5.20. The summed E-state index contributed by atoms with van der Waals surface area (Å²) in [5.74, 6) is -1.01. The van der Waals surface area contributed by atoms with Gasteiger partial charge in [-0.05, 0) is 26.2 Å². The van der Waals surface area contributed by atoms with E-state index in [0.717, 1.165) is 0 Å². The van der Waals surface area contributed by atoms with E-state index in [-0.39, 0.29) is 0 Å². The molecule has 0 radical (unpaired) electrons. The van der Waals surface area contributed by atoms with E-state index in [1.54, 1.807) is 6.08 Å². The summed E-state index contributed by atoms with van der Waals surface area (Å²) in [5, 5.41) is 0. The molecule has 0 fully saturated rings. The van der Waals surface area contributed by atoms with Gasteiger partial charge in [0.1, 0.15) is 0 Å². The number of hydrogen-bond donors (Lipinski definition) is 0. The fourth-order valence-corrected chi connectivity index (χ4v) is 4.27. The van der Waals surface area contributed by atoms with Gasteiger partial charge < -0.3 is 13.3 Å². The lowest BCUT2D eigenvalue weighted by Crippen LogP contribution is -2.52. The molecule has 0 aliphatic carbocycles. The summed E-state index contributed by atoms with van der Waals surface area (Å²) >= 11 is 0. The van der Waals surface area contributed by atoms with Crippen LogP contribution in [0, 0.1) is 0 Å². The van der Waals surface area contributed by atoms with Crippen molar-refractivity contribution in [1.29, 1.82) is 0 Å². The maximum atomic E-state index is 6.13. The standard InChI is InChI=1S/C12H26O3Si3/c1-8-11-12(13-16,14-17(4,5)9-2)15-18(6,7)10-3/h8-10H,1-3,11H2,4-7,16H3. The second-order valence-corrected chi connectivity index (χ2v) is 13.2. The molecule has 0 aromatic heterocycles. The largest absolute Gasteiger partial charge is 0.381 e. The molecule has 0 aliphatic heterocycles. The van der Waals surface area contributed by atoms with Gasteiger partial charge in [0.05, 0.1) is 0 Å². The predicted octanol–water partition coefficient (Wildman–Crippen LogP) is 2.41. The molecule has 0 heterocycles. The normalized spacial score (nSPS) is 13.3. The van der Waals surface area contributed by atoms with Gasteiger partial charge in [-0.3, -0.25) is 0 Å². The van der Waals surface area contributed by atoms with Crippen molar-refractivity contribution in [1.82, 2.24) is 0 Å². The van der Waals surface area contributed by atoms with E-state index in [9.17, 15) is 0 Å². The summed E-state index contributed by atoms with van der Waals surface area (Å²) in [6.45, 7) is 19.7. The molecule has 0 saturated heterocycles. The molecule has 0 bridgehead atoms. The Kier molecular flexibility index (Phi) is 6.69. The number of hydrogen-bond acceptors (Lipinski definition) is 3. The van der Waals surface area contributed by atoms with Gasteiger partial charge >= 0.3 is 0 Å². The zero-order valence-electron chi connectivity index (χ0n) is 12.3. The smallest absolute Gasteiger partial charge is 0.257 e. The molecule has 0 spiro atoms. The highest BCUT2D eigenvalue weighted by Crippen LogP contribution is 2.29. The van der Waals surface area contributed by atoms with E-state index >= 15 is 0 Å². The molecule has 3 nitrogen and oxygen atoms in total. The molecular formula is C12H26O3Si3. The van der Waals surface area contributed by atoms with Gasteiger partial charge in [0.25, 0.3) is 5.97 Å². The van der Waals surface area contributed by atoms with Gasteiger partial charge in [0.15, 0.2) is 10.5 Å². The Morgan fingerprint density at radius 1 is 1.00 bits per heavy atom. The Labute approximate surface area is 116 Å². The van der Waals surface area contributed by atoms with Crippen molar-refractivity contribution < 1.29 is 13.3 Å². The van der Waals surface area contributed by atoms with Crippen molar-refractivity contribution in [3.8, 4) is 0 Å². The highest BCUT2D eigenvalue weighted by atomic mass is 28.4. The van der Waals surface area contributed by atoms with Crippen LogP contribution in [-0.4, -0.2) is 33.1 Å². The van der Waals surface area contributed by atoms with Crippen LogP contribution in [0.3, 0.4) is 0 Å². The highest BCUT2D eigenvalue weighted by Gasteiger charge is 2.41. The third kappa shape index (κ3) is 5.59. The van der Waals surface area contributed by atoms with Crippen LogP contribution in [0.4, 0.5) is 0 Å². The Balaban J connectivity index is 5.21. The van der Waals surface area contributed by atoms with Crippen molar-refractivity contribution in [2.45, 2.75) is 38.6 Å². The van der Waals surface area contributed by atoms with Crippen molar-refractivity contribution in [3.05, 3.63) is 37.2 Å². The molecule has 0 amide bonds. The summed E-state index contributed by atoms with van der Waals surface area (Å²) in [4.78, 5) is 0. The molecule has 0 N–H and O–H groups in total. The Morgan fingerprint density at radius 3 is 1.61 bits per heavy atom. The van der Waals surface area contributed by atoms with Crippen LogP contribution in [0.1, 0.15) is 6.42 Å². The third-order valence-corrected chi connectivity index (χ3v) is 6.79. The van der Waals surface area contributed by atoms with Crippen LogP contribution >= 0.6 is 0 Å². The lowest BCUT2D eigenvalue weighted by molar-refractivity contribution is -0.259. The van der Waals surface area contributed by atoms with Crippen molar-refractivity contribution in [2.75, 3.05) is 0 Å². The molecule has 6 heteroatoms. The fraction of sp³-hybridized carbons (Fsp3) is 0.500. The molecule has 0 saturated carbocycles. The quantitative estimate of drug-likeness (QED) is 0.372. The van der Waals surface area contributed by atoms with Gasteiger partial charge in [0, 0.05) is 6.42 Å². The van der Waals surface area contributed by atoms with Gasteiger partial charge in [-0.1, -0.05) is 17.5 Å². The third-order valence-electron chi connectivity index (χ3n) is 2.53. The minimum atomic E-state index is -2.01. The topological polar surface area (TPSA) is 27.7 Å². The van der Waals surface area contributed by atoms with Crippen molar-refractivity contribution >= 4 is 27.1 Å². The van der Waals surface area contributed by atoms with E-state index < -0.39 is 22.6 Å². The van der Waals surface area contributed by atoms with E-state index in [4.69, 9.17) is 13.3 Å². The van der Waals surface area contributed by atoms with Crippen molar-refractivity contribution in [2.24, 2.45) is 0 Å². The lowest BCUT2D eigenvalue weighted by Gasteiger charge is -2.41. The molecule has 104 valence electrons. The van der Waals surface area contributed by atoms with E-state index in [0.29, 0.717) is 16.9 Å². The Bertz CT molecular complexity index is 292. The summed E-state index contributed by atoms with van der Waals surface area (Å²) < 4.78 is 17.9. The first-order chi connectivity index (χ1) is 8.16. The Morgan fingerprint density at radius 2 is 1.39 bits per heavy atom. The highest BCUT2D eigenvalue weighted by molar-refractivity contribution is 6.77. The first kappa shape index (κ1) is 17.8.